The minimum atomic E-state index is -3.42. The zero-order valence-corrected chi connectivity index (χ0v) is 19.4. The molecule has 0 amide bonds. The molecule has 2 atom stereocenters. The molecule has 0 spiro atoms. The van der Waals surface area contributed by atoms with Crippen molar-refractivity contribution < 1.29 is 8.42 Å². The summed E-state index contributed by atoms with van der Waals surface area (Å²) in [6.45, 7) is 4.99. The van der Waals surface area contributed by atoms with E-state index in [4.69, 9.17) is 0 Å². The smallest absolute Gasteiger partial charge is 0.252 e. The van der Waals surface area contributed by atoms with Crippen LogP contribution in [0.4, 0.5) is 0 Å². The van der Waals surface area contributed by atoms with Crippen LogP contribution in [0.15, 0.2) is 57.0 Å². The Morgan fingerprint density at radius 2 is 2.03 bits per heavy atom. The van der Waals surface area contributed by atoms with E-state index in [2.05, 4.69) is 51.7 Å². The van der Waals surface area contributed by atoms with Crippen molar-refractivity contribution in [3.8, 4) is 0 Å². The molecule has 2 heterocycles. The van der Waals surface area contributed by atoms with Gasteiger partial charge in [-0.3, -0.25) is 9.89 Å². The normalized spacial score (nSPS) is 20.6. The number of nitrogens with one attached hydrogen (secondary N) is 2. The van der Waals surface area contributed by atoms with E-state index in [0.29, 0.717) is 35.3 Å². The molecule has 3 rings (SSSR count). The van der Waals surface area contributed by atoms with E-state index in [-0.39, 0.29) is 0 Å². The van der Waals surface area contributed by atoms with Crippen LogP contribution in [0.5, 0.6) is 0 Å². The van der Waals surface area contributed by atoms with Crippen molar-refractivity contribution in [1.29, 1.82) is 0 Å². The second-order valence-corrected chi connectivity index (χ2v) is 10.8. The van der Waals surface area contributed by atoms with Gasteiger partial charge in [-0.1, -0.05) is 36.4 Å². The molecule has 1 fully saturated rings. The van der Waals surface area contributed by atoms with Crippen molar-refractivity contribution in [3.63, 3.8) is 0 Å². The highest BCUT2D eigenvalue weighted by molar-refractivity contribution is 7.91. The highest BCUT2D eigenvalue weighted by Crippen LogP contribution is 2.21. The van der Waals surface area contributed by atoms with Crippen LogP contribution in [0.25, 0.3) is 0 Å². The number of guanidine groups is 1. The fourth-order valence-electron chi connectivity index (χ4n) is 3.65. The molecule has 2 aromatic rings. The van der Waals surface area contributed by atoms with Crippen molar-refractivity contribution in [3.05, 3.63) is 53.4 Å². The van der Waals surface area contributed by atoms with Gasteiger partial charge in [-0.2, -0.15) is 4.31 Å². The summed E-state index contributed by atoms with van der Waals surface area (Å²) in [5.74, 6) is 0.704. The Morgan fingerprint density at radius 3 is 2.70 bits per heavy atom. The lowest BCUT2D eigenvalue weighted by atomic mass is 10.2. The van der Waals surface area contributed by atoms with Crippen molar-refractivity contribution in [2.75, 3.05) is 33.7 Å². The first-order valence-electron chi connectivity index (χ1n) is 10.1. The molecule has 2 N–H and O–H groups in total. The summed E-state index contributed by atoms with van der Waals surface area (Å²) in [6, 6.07) is 14.7. The fraction of sp³-hybridized carbons (Fsp3) is 0.476. The lowest BCUT2D eigenvalue weighted by Crippen LogP contribution is -2.46. The summed E-state index contributed by atoms with van der Waals surface area (Å²) in [6.07, 6.45) is 1.04. The number of nitrogens with zero attached hydrogens (tertiary/aromatic N) is 3. The number of rotatable bonds is 8. The topological polar surface area (TPSA) is 77.0 Å². The number of hydrogen-bond acceptors (Lipinski definition) is 5. The second-order valence-electron chi connectivity index (χ2n) is 7.60. The van der Waals surface area contributed by atoms with Crippen LogP contribution in [0.1, 0.15) is 18.9 Å². The molecule has 1 aliphatic heterocycles. The molecule has 2 unspecified atom stereocenters. The predicted octanol–water partition coefficient (Wildman–Crippen LogP) is 2.20. The molecule has 0 bridgehead atoms. The van der Waals surface area contributed by atoms with Crippen molar-refractivity contribution in [1.82, 2.24) is 19.8 Å². The van der Waals surface area contributed by atoms with Crippen LogP contribution < -0.4 is 10.6 Å². The lowest BCUT2D eigenvalue weighted by molar-refractivity contribution is 0.258. The summed E-state index contributed by atoms with van der Waals surface area (Å²) in [5, 5.41) is 8.50. The van der Waals surface area contributed by atoms with Crippen molar-refractivity contribution >= 4 is 27.3 Å². The summed E-state index contributed by atoms with van der Waals surface area (Å²) in [4.78, 5) is 6.78. The Bertz CT molecular complexity index is 916. The summed E-state index contributed by atoms with van der Waals surface area (Å²) < 4.78 is 26.7. The van der Waals surface area contributed by atoms with Crippen LogP contribution in [0.3, 0.4) is 0 Å². The zero-order valence-electron chi connectivity index (χ0n) is 17.8. The first-order chi connectivity index (χ1) is 14.4. The fourth-order valence-corrected chi connectivity index (χ4v) is 6.02. The molecule has 0 radical (unpaired) electrons. The van der Waals surface area contributed by atoms with Crippen LogP contribution in [-0.2, 0) is 16.6 Å². The van der Waals surface area contributed by atoms with Gasteiger partial charge in [0.15, 0.2) is 5.96 Å². The van der Waals surface area contributed by atoms with Gasteiger partial charge < -0.3 is 10.6 Å². The number of likely N-dealkylation sites (tertiary alicyclic amines) is 1. The third-order valence-corrected chi connectivity index (χ3v) is 8.61. The van der Waals surface area contributed by atoms with Gasteiger partial charge in [0.05, 0.1) is 0 Å². The molecule has 1 saturated heterocycles. The standard InChI is InChI=1S/C21H31N5O2S2/c1-17-14-19(16-26(17)15-18-8-5-4-6-9-18)24-21(22-2)23-11-12-25(3)30(27,28)20-10-7-13-29-20/h4-10,13,17,19H,11-12,14-16H2,1-3H3,(H2,22,23,24). The maximum absolute atomic E-state index is 12.5. The van der Waals surface area contributed by atoms with Crippen molar-refractivity contribution in [2.24, 2.45) is 4.99 Å². The Balaban J connectivity index is 1.46. The molecule has 0 aliphatic carbocycles. The third kappa shape index (κ3) is 5.81. The molecule has 9 heteroatoms. The minimum absolute atomic E-state index is 0.308. The molecular formula is C21H31N5O2S2. The molecule has 7 nitrogen and oxygen atoms in total. The van der Waals surface area contributed by atoms with E-state index in [9.17, 15) is 8.42 Å². The van der Waals surface area contributed by atoms with Gasteiger partial charge in [0.1, 0.15) is 4.21 Å². The quantitative estimate of drug-likeness (QED) is 0.477. The second kappa shape index (κ2) is 10.4. The minimum Gasteiger partial charge on any atom is -0.355 e. The van der Waals surface area contributed by atoms with Gasteiger partial charge in [-0.05, 0) is 30.4 Å². The number of aliphatic imine (C=N–C) groups is 1. The van der Waals surface area contributed by atoms with Crippen LogP contribution in [0, 0.1) is 0 Å². The number of likely N-dealkylation sites (N-methyl/N-ethyl adjacent to an activating group) is 1. The van der Waals surface area contributed by atoms with Crippen LogP contribution >= 0.6 is 11.3 Å². The molecule has 1 aromatic carbocycles. The Morgan fingerprint density at radius 1 is 1.27 bits per heavy atom. The molecular weight excluding hydrogens is 418 g/mol. The highest BCUT2D eigenvalue weighted by atomic mass is 32.2. The summed E-state index contributed by atoms with van der Waals surface area (Å²) in [7, 11) is -0.0803. The lowest BCUT2D eigenvalue weighted by Gasteiger charge is -2.21. The third-order valence-electron chi connectivity index (χ3n) is 5.38. The van der Waals surface area contributed by atoms with Gasteiger partial charge in [-0.25, -0.2) is 8.42 Å². The van der Waals surface area contributed by atoms with Crippen molar-refractivity contribution in [2.45, 2.75) is 36.2 Å². The van der Waals surface area contributed by atoms with Gasteiger partial charge in [0, 0.05) is 52.4 Å². The first kappa shape index (κ1) is 22.7. The highest BCUT2D eigenvalue weighted by Gasteiger charge is 2.29. The number of thiophene rings is 1. The molecule has 164 valence electrons. The number of hydrogen-bond donors (Lipinski definition) is 2. The Labute approximate surface area is 183 Å². The largest absolute Gasteiger partial charge is 0.355 e. The average molecular weight is 450 g/mol. The van der Waals surface area contributed by atoms with E-state index < -0.39 is 10.0 Å². The SMILES string of the molecule is CN=C(NCCN(C)S(=O)(=O)c1cccs1)NC1CC(C)N(Cc2ccccc2)C1. The number of sulfonamides is 1. The Kier molecular flexibility index (Phi) is 7.87. The Hall–Kier alpha value is -1.94. The van der Waals surface area contributed by atoms with Crippen LogP contribution in [-0.4, -0.2) is 69.4 Å². The predicted molar refractivity (Wildman–Crippen MR) is 123 cm³/mol. The molecule has 30 heavy (non-hydrogen) atoms. The zero-order chi connectivity index (χ0) is 21.6. The van der Waals surface area contributed by atoms with E-state index in [1.165, 1.54) is 21.2 Å². The maximum atomic E-state index is 12.5. The molecule has 0 saturated carbocycles. The molecule has 1 aliphatic rings. The monoisotopic (exact) mass is 449 g/mol. The molecule has 1 aromatic heterocycles. The maximum Gasteiger partial charge on any atom is 0.252 e. The van der Waals surface area contributed by atoms with E-state index in [0.717, 1.165) is 19.5 Å². The van der Waals surface area contributed by atoms with E-state index >= 15 is 0 Å². The first-order valence-corrected chi connectivity index (χ1v) is 12.5. The average Bonchev–Trinajstić information content (AvgIpc) is 3.39. The van der Waals surface area contributed by atoms with E-state index in [1.54, 1.807) is 31.6 Å². The summed E-state index contributed by atoms with van der Waals surface area (Å²) in [5.41, 5.74) is 1.32. The summed E-state index contributed by atoms with van der Waals surface area (Å²) >= 11 is 1.23. The van der Waals surface area contributed by atoms with Gasteiger partial charge in [0.25, 0.3) is 10.0 Å². The van der Waals surface area contributed by atoms with Gasteiger partial charge in [0.2, 0.25) is 0 Å². The van der Waals surface area contributed by atoms with Gasteiger partial charge >= 0.3 is 0 Å². The van der Waals surface area contributed by atoms with E-state index in [1.807, 2.05) is 6.07 Å². The van der Waals surface area contributed by atoms with Crippen LogP contribution in [0.2, 0.25) is 0 Å². The van der Waals surface area contributed by atoms with Gasteiger partial charge in [-0.15, -0.1) is 11.3 Å². The number of benzene rings is 1.